The van der Waals surface area contributed by atoms with Crippen LogP contribution in [0.4, 0.5) is 15.4 Å². The van der Waals surface area contributed by atoms with Crippen molar-refractivity contribution < 1.29 is 122 Å². The monoisotopic (exact) mass is 1590 g/mol. The highest BCUT2D eigenvalue weighted by Crippen LogP contribution is 2.53. The number of anilines is 1. The minimum Gasteiger partial charge on any atom is -0.443 e. The summed E-state index contributed by atoms with van der Waals surface area (Å²) in [5.41, 5.74) is -0.954. The van der Waals surface area contributed by atoms with E-state index in [2.05, 4.69) is 52.6 Å². The average molecular weight is 1590 g/mol. The predicted octanol–water partition coefficient (Wildman–Crippen LogP) is 9.17. The quantitative estimate of drug-likeness (QED) is 0.0894. The Kier molecular flexibility index (Phi) is 29.5. The maximum Gasteiger partial charge on any atom is 0.425 e. The number of imidazole rings is 1. The smallest absolute Gasteiger partial charge is 0.425 e. The molecule has 13 fully saturated rings. The van der Waals surface area contributed by atoms with E-state index in [1.807, 2.05) is 22.8 Å². The zero-order chi connectivity index (χ0) is 81.4. The first-order valence-electron chi connectivity index (χ1n) is 41.0. The number of aliphatic hydroxyl groups excluding tert-OH is 9. The molecule has 632 valence electrons. The number of imide groups is 1. The summed E-state index contributed by atoms with van der Waals surface area (Å²) in [7, 11) is 0. The van der Waals surface area contributed by atoms with Crippen molar-refractivity contribution in [2.45, 2.75) is 371 Å². The second-order valence-electron chi connectivity index (χ2n) is 34.3. The van der Waals surface area contributed by atoms with E-state index in [-0.39, 0.29) is 95.7 Å². The lowest BCUT2D eigenvalue weighted by Crippen LogP contribution is -2.44. The maximum atomic E-state index is 13.3. The first kappa shape index (κ1) is 88.4. The molecule has 30 nitrogen and oxygen atoms in total. The molecule has 1 unspecified atom stereocenters. The Balaban J connectivity index is 0.000000144. The second-order valence-corrected chi connectivity index (χ2v) is 34.3. The Morgan fingerprint density at radius 1 is 0.558 bits per heavy atom. The van der Waals surface area contributed by atoms with E-state index in [4.69, 9.17) is 82.4 Å². The number of carbonyl (C=O) groups excluding carboxylic acids is 3. The van der Waals surface area contributed by atoms with Gasteiger partial charge in [0.25, 0.3) is 0 Å². The van der Waals surface area contributed by atoms with Crippen molar-refractivity contribution in [3.63, 3.8) is 0 Å². The normalized spacial score (nSPS) is 35.1. The number of ketones is 1. The third kappa shape index (κ3) is 20.5. The summed E-state index contributed by atoms with van der Waals surface area (Å²) in [6, 6.07) is -0.122. The minimum absolute atomic E-state index is 0.00981. The first-order valence-corrected chi connectivity index (χ1v) is 41.0. The van der Waals surface area contributed by atoms with Gasteiger partial charge >= 0.3 is 12.2 Å². The molecule has 8 heterocycles. The number of rotatable bonds is 12. The van der Waals surface area contributed by atoms with E-state index in [9.17, 15) is 34.8 Å². The maximum absolute atomic E-state index is 13.3. The van der Waals surface area contributed by atoms with Gasteiger partial charge < -0.3 is 112 Å². The molecule has 6 aliphatic heterocycles. The van der Waals surface area contributed by atoms with Gasteiger partial charge in [-0.3, -0.25) is 4.79 Å². The Morgan fingerprint density at radius 3 is 1.46 bits per heavy atom. The van der Waals surface area contributed by atoms with Crippen LogP contribution in [0.25, 0.3) is 11.2 Å². The van der Waals surface area contributed by atoms with Gasteiger partial charge in [-0.05, 0) is 131 Å². The average Bonchev–Trinajstić information content (AvgIpc) is 1.58. The molecule has 2 aromatic rings. The Morgan fingerprint density at radius 2 is 1.01 bits per heavy atom. The summed E-state index contributed by atoms with van der Waals surface area (Å²) in [6.07, 6.45) is 30.0. The zero-order valence-electron chi connectivity index (χ0n) is 66.7. The summed E-state index contributed by atoms with van der Waals surface area (Å²) in [6.45, 7) is 28.2. The van der Waals surface area contributed by atoms with E-state index < -0.39 is 115 Å². The summed E-state index contributed by atoms with van der Waals surface area (Å²) in [5.74, 6) is -2.11. The number of hydrogen-bond acceptors (Lipinski definition) is 28. The van der Waals surface area contributed by atoms with Crippen LogP contribution in [0, 0.1) is 11.8 Å². The fraction of sp³-hybridized carbons (Fsp3) is 0.759. The van der Waals surface area contributed by atoms with E-state index in [0.29, 0.717) is 5.65 Å². The van der Waals surface area contributed by atoms with Crippen LogP contribution in [0.3, 0.4) is 0 Å². The van der Waals surface area contributed by atoms with Crippen molar-refractivity contribution in [2.24, 2.45) is 11.8 Å². The molecule has 0 aromatic carbocycles. The van der Waals surface area contributed by atoms with Gasteiger partial charge in [0.05, 0.1) is 43.9 Å². The number of amides is 2. The van der Waals surface area contributed by atoms with Crippen LogP contribution in [0.5, 0.6) is 0 Å². The molecule has 14 aliphatic rings. The summed E-state index contributed by atoms with van der Waals surface area (Å²) < 4.78 is 78.2. The van der Waals surface area contributed by atoms with Gasteiger partial charge in [-0.25, -0.2) is 24.5 Å². The predicted molar refractivity (Wildman–Crippen MR) is 410 cm³/mol. The molecule has 6 saturated heterocycles. The second kappa shape index (κ2) is 37.7. The lowest BCUT2D eigenvalue weighted by atomic mass is 9.94. The van der Waals surface area contributed by atoms with E-state index in [0.717, 1.165) is 140 Å². The minimum atomic E-state index is -1.38. The number of carbonyl (C=O) groups is 3. The molecule has 9 N–H and O–H groups in total. The van der Waals surface area contributed by atoms with Crippen LogP contribution in [-0.2, 0) is 66.4 Å². The van der Waals surface area contributed by atoms with E-state index in [1.54, 1.807) is 60.0 Å². The van der Waals surface area contributed by atoms with Crippen LogP contribution in [0.2, 0.25) is 0 Å². The molecule has 30 heteroatoms. The van der Waals surface area contributed by atoms with Crippen LogP contribution in [-0.4, -0.2) is 247 Å². The first-order chi connectivity index (χ1) is 53.8. The van der Waals surface area contributed by atoms with Gasteiger partial charge in [0.1, 0.15) is 96.9 Å². The van der Waals surface area contributed by atoms with Crippen molar-refractivity contribution >= 4 is 35.0 Å². The van der Waals surface area contributed by atoms with Crippen LogP contribution in [0.15, 0.2) is 88.1 Å². The van der Waals surface area contributed by atoms with Crippen molar-refractivity contribution in [2.75, 3.05) is 18.1 Å². The number of fused-ring (bicyclic) bond motifs is 4. The number of hydrogen-bond donors (Lipinski definition) is 9. The van der Waals surface area contributed by atoms with E-state index in [1.165, 1.54) is 57.0 Å². The Bertz CT molecular complexity index is 3520. The van der Waals surface area contributed by atoms with Gasteiger partial charge in [0, 0.05) is 76.0 Å². The molecule has 2 amide bonds. The molecule has 2 aromatic heterocycles. The van der Waals surface area contributed by atoms with Gasteiger partial charge in [-0.2, -0.15) is 4.90 Å². The Labute approximate surface area is 662 Å². The molecular weight excluding hydrogens is 1470 g/mol. The molecule has 0 radical (unpaired) electrons. The highest BCUT2D eigenvalue weighted by atomic mass is 16.8. The number of aliphatic hydroxyl groups is 9. The molecule has 0 bridgehead atoms. The third-order valence-electron chi connectivity index (χ3n) is 23.7. The SMILES string of the molecule is C=C[C@H](O)[C@@H]1OC2(CCCCC2)O[C@@H]1C=C.C=C[C@H](O)[C@@H]1OC2(CCCCC2)O[C@@H]1[C@H](O)CO.C=C[C@H]1C[C@@H](n2cnc3c(N(C(=O)OC(C)(C)C)C(=O)OC(C)(C)C)ncnc32)[C@@H]2OC3(CCCCC3)O[C@@H]21.C=C[C@H]1C[C@H](O)[C@@H]2OC3(CCCCC3)O[C@@H]21.O=C1C=C[C@H]2OC3(CCCCC3)O[C@@H]12.OC[C@H]1OC(O)[C@H](O)[C@@H]1O. The lowest BCUT2D eigenvalue weighted by molar-refractivity contribution is -0.208. The van der Waals surface area contributed by atoms with E-state index >= 15 is 0 Å². The largest absolute Gasteiger partial charge is 0.443 e. The molecule has 5 spiro atoms. The fourth-order valence-corrected chi connectivity index (χ4v) is 18.0. The van der Waals surface area contributed by atoms with Gasteiger partial charge in [0.2, 0.25) is 0 Å². The third-order valence-corrected chi connectivity index (χ3v) is 23.7. The molecule has 16 rings (SSSR count). The van der Waals surface area contributed by atoms with Crippen molar-refractivity contribution in [3.8, 4) is 0 Å². The zero-order valence-corrected chi connectivity index (χ0v) is 66.7. The van der Waals surface area contributed by atoms with Crippen LogP contribution < -0.4 is 4.90 Å². The number of ether oxygens (including phenoxy) is 13. The van der Waals surface area contributed by atoms with Crippen LogP contribution >= 0.6 is 0 Å². The topological polar surface area (TPSA) is 400 Å². The fourth-order valence-electron chi connectivity index (χ4n) is 18.0. The molecule has 7 saturated carbocycles. The van der Waals surface area contributed by atoms with Crippen molar-refractivity contribution in [1.29, 1.82) is 0 Å². The molecule has 113 heavy (non-hydrogen) atoms. The van der Waals surface area contributed by atoms with Gasteiger partial charge in [0.15, 0.2) is 64.1 Å². The number of nitrogens with zero attached hydrogens (tertiary/aromatic N) is 5. The highest BCUT2D eigenvalue weighted by molar-refractivity contribution is 6.12. The highest BCUT2D eigenvalue weighted by Gasteiger charge is 2.60. The summed E-state index contributed by atoms with van der Waals surface area (Å²) in [4.78, 5) is 52.0. The van der Waals surface area contributed by atoms with Gasteiger partial charge in [-0.15, -0.1) is 32.9 Å². The molecule has 21 atom stereocenters. The Hall–Kier alpha value is -5.40. The van der Waals surface area contributed by atoms with Crippen LogP contribution in [0.1, 0.15) is 221 Å². The number of aromatic nitrogens is 4. The lowest BCUT2D eigenvalue weighted by Gasteiger charge is -2.34. The standard InChI is InChI=1S/C28H39N5O6.C13H22O5.2C13H20O3.C11H14O3.C5H10O5/c1-8-17-14-18(21-20(17)36-28(37-21)12-10-9-11-13-28)32-16-31-19-22(32)29-15-30-23(19)33(24(34)38-26(2,3)4)25(35)39-27(5,6)7;1-2-9(15)11-12(10(16)8-14)18-13(17-11)6-4-3-5-7-13;1-2-9-8-10(14)12-11(9)15-13(16-12)6-4-3-5-7-13;1-3-10(14)12-11(4-2)15-13(16-12)8-6-5-7-9-13;12-8-4-5-9-10(8)14-11(13-9)6-2-1-3-7-11;6-1-2-3(7)4(8)5(9)10-2/h8,15-18,20-21H,1,9-14H2,2-7H3;2,9-12,14-16H,1,3-8H2;2,9-12,14H,1,3-8H2;3-4,10-12,14H,1-2,5-9H2;4-5,9-10H,1-3,6-7H2;2-9H,1H2/t17-,18+,20+,21-;9-,10+,11-,12+;9-,10-,11+,12-;10-,11+,12-;9-,10+;2-,3-,4-,5?/m000011/s1. The summed E-state index contributed by atoms with van der Waals surface area (Å²) in [5, 5.41) is 83.4. The van der Waals surface area contributed by atoms with Gasteiger partial charge in [-0.1, -0.05) is 62.5 Å². The molecule has 8 aliphatic carbocycles. The van der Waals surface area contributed by atoms with Crippen molar-refractivity contribution in [3.05, 3.63) is 88.1 Å². The summed E-state index contributed by atoms with van der Waals surface area (Å²) >= 11 is 0. The molecular formula is C83H125N5O25. The van der Waals surface area contributed by atoms with Crippen molar-refractivity contribution in [1.82, 2.24) is 19.5 Å².